The molecule has 1 atom stereocenters. The fourth-order valence-corrected chi connectivity index (χ4v) is 6.78. The van der Waals surface area contributed by atoms with E-state index >= 15 is 0 Å². The highest BCUT2D eigenvalue weighted by molar-refractivity contribution is 8.00. The van der Waals surface area contributed by atoms with Crippen LogP contribution in [0.2, 0.25) is 0 Å². The van der Waals surface area contributed by atoms with Crippen LogP contribution in [-0.4, -0.2) is 27.0 Å². The quantitative estimate of drug-likeness (QED) is 0.0741. The summed E-state index contributed by atoms with van der Waals surface area (Å²) in [7, 11) is 0. The molecule has 1 amide bonds. The Morgan fingerprint density at radius 2 is 1.73 bits per heavy atom. The molecule has 0 aliphatic carbocycles. The Kier molecular flexibility index (Phi) is 7.15. The van der Waals surface area contributed by atoms with Crippen LogP contribution < -0.4 is 4.90 Å². The molecule has 1 fully saturated rings. The number of thioether (sulfide) groups is 1. The fourth-order valence-electron chi connectivity index (χ4n) is 4.91. The molecular weight excluding hydrogens is 558 g/mol. The number of ketones is 1. The molecule has 0 spiro atoms. The minimum atomic E-state index is -0.955. The van der Waals surface area contributed by atoms with Crippen LogP contribution in [0.25, 0.3) is 16.5 Å². The van der Waals surface area contributed by atoms with E-state index in [-0.39, 0.29) is 16.3 Å². The van der Waals surface area contributed by atoms with Gasteiger partial charge < -0.3 is 5.11 Å². The summed E-state index contributed by atoms with van der Waals surface area (Å²) in [5.41, 5.74) is 3.15. The zero-order chi connectivity index (χ0) is 28.7. The van der Waals surface area contributed by atoms with Gasteiger partial charge in [0, 0.05) is 11.3 Å². The van der Waals surface area contributed by atoms with Crippen molar-refractivity contribution >= 4 is 56.5 Å². The van der Waals surface area contributed by atoms with Crippen LogP contribution in [-0.2, 0) is 15.3 Å². The maximum Gasteiger partial charge on any atom is 0.301 e. The van der Waals surface area contributed by atoms with Gasteiger partial charge in [-0.3, -0.25) is 14.5 Å². The molecule has 6 rings (SSSR count). The monoisotopic (exact) mass is 581 g/mol. The van der Waals surface area contributed by atoms with E-state index in [1.54, 1.807) is 19.1 Å². The summed E-state index contributed by atoms with van der Waals surface area (Å²) >= 11 is 2.70. The number of aromatic nitrogens is 2. The second kappa shape index (κ2) is 10.9. The zero-order valence-electron chi connectivity index (χ0n) is 22.2. The zero-order valence-corrected chi connectivity index (χ0v) is 23.8. The molecule has 204 valence electrons. The number of halogens is 1. The number of Topliss-reactive ketones (excluding diaryl/α,β-unsaturated/α-hetero) is 1. The number of hydrogen-bond donors (Lipinski definition) is 1. The van der Waals surface area contributed by atoms with Crippen molar-refractivity contribution in [2.75, 3.05) is 4.90 Å². The highest BCUT2D eigenvalue weighted by atomic mass is 32.2. The number of amides is 1. The van der Waals surface area contributed by atoms with E-state index < -0.39 is 29.3 Å². The number of anilines is 1. The van der Waals surface area contributed by atoms with Gasteiger partial charge in [0.15, 0.2) is 4.34 Å². The van der Waals surface area contributed by atoms with Gasteiger partial charge in [-0.1, -0.05) is 108 Å². The Balaban J connectivity index is 1.37. The normalized spacial score (nSPS) is 16.6. The van der Waals surface area contributed by atoms with Gasteiger partial charge in [0.25, 0.3) is 5.78 Å². The molecule has 1 N–H and O–H groups in total. The molecule has 0 saturated carbocycles. The van der Waals surface area contributed by atoms with Gasteiger partial charge in [0.1, 0.15) is 11.6 Å². The molecule has 0 radical (unpaired) electrons. The second-order valence-electron chi connectivity index (χ2n) is 9.82. The largest absolute Gasteiger partial charge is 0.507 e. The Hall–Kier alpha value is -4.34. The van der Waals surface area contributed by atoms with Crippen LogP contribution in [0.4, 0.5) is 9.52 Å². The van der Waals surface area contributed by atoms with Crippen LogP contribution in [0.1, 0.15) is 33.9 Å². The minimum absolute atomic E-state index is 0.117. The van der Waals surface area contributed by atoms with Crippen molar-refractivity contribution in [3.8, 4) is 0 Å². The summed E-state index contributed by atoms with van der Waals surface area (Å²) in [4.78, 5) is 28.1. The van der Waals surface area contributed by atoms with Gasteiger partial charge in [0.05, 0.1) is 11.6 Å². The average Bonchev–Trinajstić information content (AvgIpc) is 3.55. The average molecular weight is 582 g/mol. The Bertz CT molecular complexity index is 1840. The van der Waals surface area contributed by atoms with Gasteiger partial charge in [-0.25, -0.2) is 4.39 Å². The number of aryl methyl sites for hydroxylation is 2. The lowest BCUT2D eigenvalue weighted by Crippen LogP contribution is -2.29. The number of fused-ring (bicyclic) bond motifs is 1. The molecule has 9 heteroatoms. The van der Waals surface area contributed by atoms with Crippen LogP contribution in [0.3, 0.4) is 0 Å². The van der Waals surface area contributed by atoms with Crippen LogP contribution in [0, 0.1) is 19.7 Å². The predicted octanol–water partition coefficient (Wildman–Crippen LogP) is 7.37. The molecule has 0 bridgehead atoms. The third kappa shape index (κ3) is 5.03. The molecule has 4 aromatic carbocycles. The molecule has 5 aromatic rings. The lowest BCUT2D eigenvalue weighted by atomic mass is 9.94. The molecule has 1 aromatic heterocycles. The van der Waals surface area contributed by atoms with Gasteiger partial charge in [0.2, 0.25) is 5.13 Å². The van der Waals surface area contributed by atoms with Gasteiger partial charge in [-0.2, -0.15) is 0 Å². The third-order valence-corrected chi connectivity index (χ3v) is 9.22. The molecule has 1 aliphatic heterocycles. The highest BCUT2D eigenvalue weighted by Gasteiger charge is 2.48. The number of benzene rings is 4. The van der Waals surface area contributed by atoms with Crippen molar-refractivity contribution in [1.82, 2.24) is 10.2 Å². The Labute approximate surface area is 244 Å². The summed E-state index contributed by atoms with van der Waals surface area (Å²) < 4.78 is 15.0. The van der Waals surface area contributed by atoms with E-state index in [1.807, 2.05) is 37.3 Å². The summed E-state index contributed by atoms with van der Waals surface area (Å²) in [6.45, 7) is 3.54. The van der Waals surface area contributed by atoms with Crippen LogP contribution >= 0.6 is 23.1 Å². The summed E-state index contributed by atoms with van der Waals surface area (Å²) in [5.74, 6) is -2.01. The summed E-state index contributed by atoms with van der Waals surface area (Å²) in [6, 6.07) is 24.9. The molecule has 2 heterocycles. The lowest BCUT2D eigenvalue weighted by Gasteiger charge is -2.22. The maximum atomic E-state index is 14.4. The van der Waals surface area contributed by atoms with E-state index in [0.717, 1.165) is 28.0 Å². The molecular formula is C32H24FN3O3S2. The topological polar surface area (TPSA) is 83.4 Å². The number of nitrogens with zero attached hydrogens (tertiary/aromatic N) is 3. The summed E-state index contributed by atoms with van der Waals surface area (Å²) in [6.07, 6.45) is 0. The van der Waals surface area contributed by atoms with Gasteiger partial charge in [-0.15, -0.1) is 10.2 Å². The van der Waals surface area contributed by atoms with Crippen LogP contribution in [0.5, 0.6) is 0 Å². The second-order valence-corrected chi connectivity index (χ2v) is 12.0. The number of rotatable bonds is 6. The number of carbonyl (C=O) groups is 2. The van der Waals surface area contributed by atoms with Crippen molar-refractivity contribution in [3.05, 3.63) is 124 Å². The van der Waals surface area contributed by atoms with Gasteiger partial charge in [-0.05, 0) is 47.4 Å². The van der Waals surface area contributed by atoms with E-state index in [1.165, 1.54) is 40.1 Å². The summed E-state index contributed by atoms with van der Waals surface area (Å²) in [5, 5.41) is 22.4. The molecule has 0 unspecified atom stereocenters. The molecule has 1 aliphatic rings. The standard InChI is InChI=1S/C32H24FN3O3S2/c1-18-10-13-21(14-11-18)27-26(28(37)22-15-12-19(2)25(33)16-22)29(38)30(39)36(27)31-34-35-32(41-31)40-17-23-8-5-7-20-6-3-4-9-24(20)23/h3-16,27,37H,17H2,1-2H3/t27-/m0/s1. The SMILES string of the molecule is Cc1ccc([C@H]2C(=C(O)c3ccc(C)c(F)c3)C(=O)C(=O)N2c2nnc(SCc3cccc4ccccc34)s2)cc1. The van der Waals surface area contributed by atoms with Crippen molar-refractivity contribution in [2.24, 2.45) is 0 Å². The Morgan fingerprint density at radius 1 is 0.976 bits per heavy atom. The lowest BCUT2D eigenvalue weighted by molar-refractivity contribution is -0.132. The first-order valence-electron chi connectivity index (χ1n) is 12.9. The van der Waals surface area contributed by atoms with E-state index in [0.29, 0.717) is 21.2 Å². The fraction of sp³-hybridized carbons (Fsp3) is 0.125. The molecule has 41 heavy (non-hydrogen) atoms. The first-order valence-corrected chi connectivity index (χ1v) is 14.7. The first kappa shape index (κ1) is 26.9. The van der Waals surface area contributed by atoms with Gasteiger partial charge >= 0.3 is 5.91 Å². The molecule has 6 nitrogen and oxygen atoms in total. The van der Waals surface area contributed by atoms with E-state index in [2.05, 4.69) is 34.5 Å². The number of carbonyl (C=O) groups excluding carboxylic acids is 2. The maximum absolute atomic E-state index is 14.4. The van der Waals surface area contributed by atoms with E-state index in [4.69, 9.17) is 0 Å². The van der Waals surface area contributed by atoms with Crippen molar-refractivity contribution < 1.29 is 19.1 Å². The minimum Gasteiger partial charge on any atom is -0.507 e. The molecule has 1 saturated heterocycles. The Morgan fingerprint density at radius 3 is 2.51 bits per heavy atom. The smallest absolute Gasteiger partial charge is 0.301 e. The van der Waals surface area contributed by atoms with Crippen LogP contribution in [0.15, 0.2) is 94.8 Å². The predicted molar refractivity (Wildman–Crippen MR) is 161 cm³/mol. The van der Waals surface area contributed by atoms with Crippen molar-refractivity contribution in [1.29, 1.82) is 0 Å². The van der Waals surface area contributed by atoms with Crippen molar-refractivity contribution in [3.63, 3.8) is 0 Å². The first-order chi connectivity index (χ1) is 19.8. The third-order valence-electron chi connectivity index (χ3n) is 7.12. The number of hydrogen-bond acceptors (Lipinski definition) is 7. The van der Waals surface area contributed by atoms with Crippen molar-refractivity contribution in [2.45, 2.75) is 30.0 Å². The highest BCUT2D eigenvalue weighted by Crippen LogP contribution is 2.44. The van der Waals surface area contributed by atoms with E-state index in [9.17, 15) is 19.1 Å². The number of aliphatic hydroxyl groups excluding tert-OH is 1. The number of aliphatic hydroxyl groups is 1.